The average Bonchev–Trinajstić information content (AvgIpc) is 3.06. The van der Waals surface area contributed by atoms with Gasteiger partial charge in [-0.2, -0.15) is 5.01 Å². The van der Waals surface area contributed by atoms with Crippen molar-refractivity contribution in [1.82, 2.24) is 20.7 Å². The van der Waals surface area contributed by atoms with Gasteiger partial charge >= 0.3 is 6.03 Å². The second-order valence-electron chi connectivity index (χ2n) is 5.23. The lowest BCUT2D eigenvalue weighted by Gasteiger charge is -2.21. The molecule has 0 spiro atoms. The number of carbonyl (C=O) groups is 3. The Labute approximate surface area is 140 Å². The van der Waals surface area contributed by atoms with E-state index in [1.54, 1.807) is 43.5 Å². The van der Waals surface area contributed by atoms with E-state index in [1.165, 1.54) is 0 Å². The number of nitrogens with one attached hydrogen (secondary N) is 3. The first-order valence-corrected chi connectivity index (χ1v) is 7.58. The minimum absolute atomic E-state index is 0.228. The third-order valence-corrected chi connectivity index (χ3v) is 4.11. The molecule has 1 aromatic heterocycles. The zero-order valence-electron chi connectivity index (χ0n) is 12.1. The summed E-state index contributed by atoms with van der Waals surface area (Å²) >= 11 is 3.21. The van der Waals surface area contributed by atoms with Gasteiger partial charge in [-0.25, -0.2) is 4.79 Å². The predicted octanol–water partition coefficient (Wildman–Crippen LogP) is 1.89. The summed E-state index contributed by atoms with van der Waals surface area (Å²) in [6.07, 6.45) is 1.58. The Balaban J connectivity index is 1.83. The van der Waals surface area contributed by atoms with Gasteiger partial charge < -0.3 is 10.3 Å². The third kappa shape index (κ3) is 2.61. The molecule has 118 valence electrons. The van der Waals surface area contributed by atoms with Crippen molar-refractivity contribution in [1.29, 1.82) is 0 Å². The number of aromatic amines is 1. The monoisotopic (exact) mass is 376 g/mol. The number of urea groups is 1. The van der Waals surface area contributed by atoms with E-state index in [1.807, 2.05) is 6.07 Å². The first-order chi connectivity index (χ1) is 10.9. The van der Waals surface area contributed by atoms with Gasteiger partial charge in [-0.05, 0) is 34.5 Å². The highest BCUT2D eigenvalue weighted by atomic mass is 79.9. The summed E-state index contributed by atoms with van der Waals surface area (Å²) in [5.41, 5.74) is 1.96. The Hall–Kier alpha value is -2.61. The normalized spacial score (nSPS) is 20.5. The van der Waals surface area contributed by atoms with Gasteiger partial charge in [0, 0.05) is 10.7 Å². The number of hydrogen-bond donors (Lipinski definition) is 3. The standard InChI is InChI=1S/C15H13BrN4O3/c1-15(9-5-3-2-4-6-9)13(22)20(14(23)18-15)19-12(21)11-7-10(16)8-17-11/h2-8,17H,1H3,(H,18,23)(H,19,21)/t15-/m0/s1. The van der Waals surface area contributed by atoms with Gasteiger partial charge in [0.1, 0.15) is 11.2 Å². The van der Waals surface area contributed by atoms with Crippen molar-refractivity contribution in [2.45, 2.75) is 12.5 Å². The number of halogens is 1. The molecule has 1 fully saturated rings. The number of rotatable bonds is 3. The fraction of sp³-hybridized carbons (Fsp3) is 0.133. The van der Waals surface area contributed by atoms with E-state index in [0.717, 1.165) is 0 Å². The molecule has 1 aromatic carbocycles. The molecule has 3 rings (SSSR count). The highest BCUT2D eigenvalue weighted by Crippen LogP contribution is 2.27. The highest BCUT2D eigenvalue weighted by Gasteiger charge is 2.50. The summed E-state index contributed by atoms with van der Waals surface area (Å²) < 4.78 is 0.689. The number of hydrazine groups is 1. The second kappa shape index (κ2) is 5.54. The molecule has 1 atom stereocenters. The largest absolute Gasteiger partial charge is 0.356 e. The number of amides is 4. The number of benzene rings is 1. The van der Waals surface area contributed by atoms with Crippen LogP contribution in [-0.2, 0) is 10.3 Å². The summed E-state index contributed by atoms with van der Waals surface area (Å²) in [7, 11) is 0. The third-order valence-electron chi connectivity index (χ3n) is 3.65. The van der Waals surface area contributed by atoms with Crippen LogP contribution in [0.15, 0.2) is 47.1 Å². The SMILES string of the molecule is C[C@@]1(c2ccccc2)NC(=O)N(NC(=O)c2cc(Br)c[nH]2)C1=O. The number of carbonyl (C=O) groups excluding carboxylic acids is 3. The quantitative estimate of drug-likeness (QED) is 0.713. The first kappa shape index (κ1) is 15.3. The Morgan fingerprint density at radius 2 is 1.96 bits per heavy atom. The Morgan fingerprint density at radius 1 is 1.26 bits per heavy atom. The smallest absolute Gasteiger partial charge is 0.344 e. The second-order valence-corrected chi connectivity index (χ2v) is 6.15. The van der Waals surface area contributed by atoms with Gasteiger partial charge in [0.2, 0.25) is 0 Å². The zero-order valence-corrected chi connectivity index (χ0v) is 13.7. The lowest BCUT2D eigenvalue weighted by Crippen LogP contribution is -2.48. The van der Waals surface area contributed by atoms with Crippen molar-refractivity contribution < 1.29 is 14.4 Å². The van der Waals surface area contributed by atoms with Gasteiger partial charge in [-0.1, -0.05) is 30.3 Å². The van der Waals surface area contributed by atoms with Crippen LogP contribution in [0, 0.1) is 0 Å². The molecule has 2 heterocycles. The molecule has 3 N–H and O–H groups in total. The van der Waals surface area contributed by atoms with Gasteiger partial charge in [0.25, 0.3) is 11.8 Å². The summed E-state index contributed by atoms with van der Waals surface area (Å²) in [5.74, 6) is -1.14. The van der Waals surface area contributed by atoms with Gasteiger partial charge in [-0.15, -0.1) is 0 Å². The minimum atomic E-state index is -1.22. The summed E-state index contributed by atoms with van der Waals surface area (Å²) in [6.45, 7) is 1.60. The lowest BCUT2D eigenvalue weighted by atomic mass is 9.92. The summed E-state index contributed by atoms with van der Waals surface area (Å²) in [5, 5.41) is 3.31. The molecule has 2 aromatic rings. The van der Waals surface area contributed by atoms with Crippen molar-refractivity contribution in [2.75, 3.05) is 0 Å². The molecule has 1 aliphatic rings. The van der Waals surface area contributed by atoms with E-state index >= 15 is 0 Å². The first-order valence-electron chi connectivity index (χ1n) is 6.79. The number of H-pyrrole nitrogens is 1. The lowest BCUT2D eigenvalue weighted by molar-refractivity contribution is -0.132. The molecular weight excluding hydrogens is 364 g/mol. The molecule has 8 heteroatoms. The molecule has 1 saturated heterocycles. The molecule has 0 bridgehead atoms. The number of imide groups is 1. The number of hydrogen-bond acceptors (Lipinski definition) is 3. The van der Waals surface area contributed by atoms with Crippen LogP contribution >= 0.6 is 15.9 Å². The van der Waals surface area contributed by atoms with E-state index in [9.17, 15) is 14.4 Å². The van der Waals surface area contributed by atoms with Crippen LogP contribution in [-0.4, -0.2) is 27.8 Å². The summed E-state index contributed by atoms with van der Waals surface area (Å²) in [6, 6.07) is 9.72. The molecule has 0 unspecified atom stereocenters. The van der Waals surface area contributed by atoms with E-state index < -0.39 is 23.4 Å². The van der Waals surface area contributed by atoms with Crippen molar-refractivity contribution in [2.24, 2.45) is 0 Å². The Morgan fingerprint density at radius 3 is 2.57 bits per heavy atom. The topological polar surface area (TPSA) is 94.3 Å². The molecule has 7 nitrogen and oxygen atoms in total. The van der Waals surface area contributed by atoms with Gasteiger partial charge in [-0.3, -0.25) is 15.0 Å². The summed E-state index contributed by atoms with van der Waals surface area (Å²) in [4.78, 5) is 39.6. The fourth-order valence-corrected chi connectivity index (χ4v) is 2.71. The molecule has 23 heavy (non-hydrogen) atoms. The molecule has 1 aliphatic heterocycles. The Bertz CT molecular complexity index is 789. The highest BCUT2D eigenvalue weighted by molar-refractivity contribution is 9.10. The van der Waals surface area contributed by atoms with Crippen molar-refractivity contribution in [3.05, 3.63) is 58.3 Å². The molecule has 0 aliphatic carbocycles. The van der Waals surface area contributed by atoms with Crippen LogP contribution in [0.25, 0.3) is 0 Å². The molecule has 4 amide bonds. The van der Waals surface area contributed by atoms with Crippen LogP contribution in [0.1, 0.15) is 23.0 Å². The van der Waals surface area contributed by atoms with Gasteiger partial charge in [0.15, 0.2) is 0 Å². The van der Waals surface area contributed by atoms with Crippen LogP contribution in [0.5, 0.6) is 0 Å². The van der Waals surface area contributed by atoms with Crippen molar-refractivity contribution >= 4 is 33.8 Å². The predicted molar refractivity (Wildman–Crippen MR) is 85.1 cm³/mol. The fourth-order valence-electron chi connectivity index (χ4n) is 2.37. The maximum absolute atomic E-state index is 12.6. The Kier molecular flexibility index (Phi) is 3.69. The van der Waals surface area contributed by atoms with E-state index in [0.29, 0.717) is 15.0 Å². The zero-order chi connectivity index (χ0) is 16.6. The number of nitrogens with zero attached hydrogens (tertiary/aromatic N) is 1. The van der Waals surface area contributed by atoms with Crippen LogP contribution in [0.3, 0.4) is 0 Å². The average molecular weight is 377 g/mol. The van der Waals surface area contributed by atoms with Crippen LogP contribution < -0.4 is 10.7 Å². The van der Waals surface area contributed by atoms with Gasteiger partial charge in [0.05, 0.1) is 0 Å². The van der Waals surface area contributed by atoms with E-state index in [4.69, 9.17) is 0 Å². The molecule has 0 saturated carbocycles. The van der Waals surface area contributed by atoms with E-state index in [-0.39, 0.29) is 5.69 Å². The van der Waals surface area contributed by atoms with Crippen molar-refractivity contribution in [3.63, 3.8) is 0 Å². The maximum Gasteiger partial charge on any atom is 0.344 e. The van der Waals surface area contributed by atoms with Crippen LogP contribution in [0.2, 0.25) is 0 Å². The number of aromatic nitrogens is 1. The molecule has 0 radical (unpaired) electrons. The van der Waals surface area contributed by atoms with E-state index in [2.05, 4.69) is 31.7 Å². The molecular formula is C15H13BrN4O3. The van der Waals surface area contributed by atoms with Crippen molar-refractivity contribution in [3.8, 4) is 0 Å². The maximum atomic E-state index is 12.6. The minimum Gasteiger partial charge on any atom is -0.356 e. The van der Waals surface area contributed by atoms with Crippen LogP contribution in [0.4, 0.5) is 4.79 Å².